The van der Waals surface area contributed by atoms with Crippen molar-refractivity contribution in [2.75, 3.05) is 19.6 Å². The number of rotatable bonds is 16. The SMILES string of the molecule is CCCC[C@H](NC(C)=O)C(=O)N[C@H]1CCC(=O)NCC[C@@H](C(N)=O)NC(=O)[C@H](CCCNC(=N)N)NC(=O)[C@@H](Cc2ccccc2)NC(=O)[C@H](CCCN)NC1=O. The van der Waals surface area contributed by atoms with Crippen LogP contribution in [0, 0.1) is 5.41 Å². The molecule has 0 aromatic heterocycles. The quantitative estimate of drug-likeness (QED) is 0.0458. The topological polar surface area (TPSA) is 335 Å². The lowest BCUT2D eigenvalue weighted by Gasteiger charge is -2.27. The molecule has 0 unspecified atom stereocenters. The van der Waals surface area contributed by atoms with Gasteiger partial charge < -0.3 is 59.7 Å². The van der Waals surface area contributed by atoms with E-state index in [1.807, 2.05) is 6.92 Å². The van der Waals surface area contributed by atoms with Crippen molar-refractivity contribution in [3.8, 4) is 0 Å². The van der Waals surface area contributed by atoms with E-state index in [4.69, 9.17) is 22.6 Å². The van der Waals surface area contributed by atoms with Gasteiger partial charge >= 0.3 is 0 Å². The summed E-state index contributed by atoms with van der Waals surface area (Å²) in [6.45, 7) is 3.40. The van der Waals surface area contributed by atoms with Crippen molar-refractivity contribution < 1.29 is 38.4 Å². The average Bonchev–Trinajstić information content (AvgIpc) is 3.16. The zero-order valence-electron chi connectivity index (χ0n) is 32.7. The van der Waals surface area contributed by atoms with Gasteiger partial charge in [-0.2, -0.15) is 0 Å². The Balaban J connectivity index is 2.56. The summed E-state index contributed by atoms with van der Waals surface area (Å²) < 4.78 is 0. The molecule has 20 heteroatoms. The monoisotopic (exact) mass is 800 g/mol. The summed E-state index contributed by atoms with van der Waals surface area (Å²) in [5.74, 6) is -5.93. The van der Waals surface area contributed by atoms with Crippen LogP contribution in [0.25, 0.3) is 0 Å². The molecule has 0 radical (unpaired) electrons. The van der Waals surface area contributed by atoms with Crippen LogP contribution in [0.1, 0.15) is 83.6 Å². The predicted molar refractivity (Wildman–Crippen MR) is 210 cm³/mol. The highest BCUT2D eigenvalue weighted by Gasteiger charge is 2.33. The molecule has 57 heavy (non-hydrogen) atoms. The van der Waals surface area contributed by atoms with Gasteiger partial charge in [0.2, 0.25) is 47.3 Å². The Labute approximate surface area is 332 Å². The second-order valence-corrected chi connectivity index (χ2v) is 13.9. The molecule has 0 bridgehead atoms. The summed E-state index contributed by atoms with van der Waals surface area (Å²) in [4.78, 5) is 106. The van der Waals surface area contributed by atoms with Gasteiger partial charge in [0, 0.05) is 32.9 Å². The molecule has 1 aromatic rings. The second kappa shape index (κ2) is 25.4. The molecule has 1 aliphatic heterocycles. The third kappa shape index (κ3) is 18.1. The molecule has 15 N–H and O–H groups in total. The summed E-state index contributed by atoms with van der Waals surface area (Å²) in [6, 6.07) is 1.43. The van der Waals surface area contributed by atoms with Gasteiger partial charge in [0.15, 0.2) is 5.96 Å². The lowest BCUT2D eigenvalue weighted by molar-refractivity contribution is -0.135. The number of hydrogen-bond acceptors (Lipinski definition) is 10. The number of guanidine groups is 1. The molecule has 1 saturated heterocycles. The maximum atomic E-state index is 14.0. The normalized spacial score (nSPS) is 22.0. The number of nitrogens with one attached hydrogen (secondary N) is 9. The molecule has 6 atom stereocenters. The highest BCUT2D eigenvalue weighted by atomic mass is 16.2. The van der Waals surface area contributed by atoms with Gasteiger partial charge in [-0.05, 0) is 57.1 Å². The number of carbonyl (C=O) groups excluding carboxylic acids is 8. The van der Waals surface area contributed by atoms with Gasteiger partial charge in [0.1, 0.15) is 36.3 Å². The van der Waals surface area contributed by atoms with Gasteiger partial charge in [0.05, 0.1) is 0 Å². The molecule has 2 rings (SSSR count). The van der Waals surface area contributed by atoms with E-state index in [1.165, 1.54) is 6.92 Å². The van der Waals surface area contributed by atoms with Crippen LogP contribution in [-0.2, 0) is 44.8 Å². The number of primary amides is 1. The average molecular weight is 801 g/mol. The number of carbonyl (C=O) groups is 8. The van der Waals surface area contributed by atoms with Gasteiger partial charge in [0.25, 0.3) is 0 Å². The smallest absolute Gasteiger partial charge is 0.243 e. The summed E-state index contributed by atoms with van der Waals surface area (Å²) in [5, 5.41) is 28.5. The molecule has 20 nitrogen and oxygen atoms in total. The van der Waals surface area contributed by atoms with Gasteiger partial charge in [-0.25, -0.2) is 0 Å². The molecule has 0 aliphatic carbocycles. The predicted octanol–water partition coefficient (Wildman–Crippen LogP) is -2.86. The fraction of sp³-hybridized carbons (Fsp3) is 0.595. The number of unbranched alkanes of at least 4 members (excludes halogenated alkanes) is 1. The minimum absolute atomic E-state index is 0.0190. The van der Waals surface area contributed by atoms with Crippen molar-refractivity contribution in [2.45, 2.75) is 121 Å². The van der Waals surface area contributed by atoms with E-state index >= 15 is 0 Å². The molecule has 1 aliphatic rings. The summed E-state index contributed by atoms with van der Waals surface area (Å²) in [5.41, 5.74) is 17.4. The Morgan fingerprint density at radius 3 is 2.07 bits per heavy atom. The Hall–Kier alpha value is -5.79. The van der Waals surface area contributed by atoms with Crippen LogP contribution in [0.4, 0.5) is 0 Å². The van der Waals surface area contributed by atoms with Crippen molar-refractivity contribution in [1.82, 2.24) is 42.5 Å². The van der Waals surface area contributed by atoms with Crippen LogP contribution in [0.2, 0.25) is 0 Å². The summed E-state index contributed by atoms with van der Waals surface area (Å²) >= 11 is 0. The fourth-order valence-electron chi connectivity index (χ4n) is 6.01. The number of benzene rings is 1. The van der Waals surface area contributed by atoms with Crippen LogP contribution in [0.3, 0.4) is 0 Å². The van der Waals surface area contributed by atoms with E-state index in [0.29, 0.717) is 12.0 Å². The Bertz CT molecular complexity index is 1550. The van der Waals surface area contributed by atoms with Crippen LogP contribution in [-0.4, -0.2) is 109 Å². The molecular formula is C37H60N12O8. The van der Waals surface area contributed by atoms with Crippen LogP contribution < -0.4 is 59.7 Å². The fourth-order valence-corrected chi connectivity index (χ4v) is 6.01. The van der Waals surface area contributed by atoms with Gasteiger partial charge in [-0.3, -0.25) is 43.8 Å². The van der Waals surface area contributed by atoms with E-state index < -0.39 is 83.5 Å². The van der Waals surface area contributed by atoms with Crippen molar-refractivity contribution in [3.05, 3.63) is 35.9 Å². The van der Waals surface area contributed by atoms with Crippen molar-refractivity contribution in [2.24, 2.45) is 17.2 Å². The Morgan fingerprint density at radius 2 is 1.46 bits per heavy atom. The Kier molecular flexibility index (Phi) is 21.1. The first-order chi connectivity index (χ1) is 27.1. The van der Waals surface area contributed by atoms with Crippen LogP contribution >= 0.6 is 0 Å². The second-order valence-electron chi connectivity index (χ2n) is 13.9. The van der Waals surface area contributed by atoms with Gasteiger partial charge in [-0.15, -0.1) is 0 Å². The number of nitrogens with two attached hydrogens (primary N) is 3. The maximum Gasteiger partial charge on any atom is 0.243 e. The molecule has 1 fully saturated rings. The number of hydrogen-bond donors (Lipinski definition) is 12. The number of amides is 8. The van der Waals surface area contributed by atoms with Crippen molar-refractivity contribution >= 4 is 53.2 Å². The molecule has 316 valence electrons. The first-order valence-electron chi connectivity index (χ1n) is 19.3. The minimum Gasteiger partial charge on any atom is -0.370 e. The highest BCUT2D eigenvalue weighted by Crippen LogP contribution is 2.10. The lowest BCUT2D eigenvalue weighted by atomic mass is 10.0. The first kappa shape index (κ1) is 47.4. The third-order valence-electron chi connectivity index (χ3n) is 9.11. The highest BCUT2D eigenvalue weighted by molar-refractivity contribution is 5.97. The first-order valence-corrected chi connectivity index (χ1v) is 19.3. The molecule has 0 spiro atoms. The summed E-state index contributed by atoms with van der Waals surface area (Å²) in [6.07, 6.45) is 1.58. The third-order valence-corrected chi connectivity index (χ3v) is 9.11. The standard InChI is InChI=1S/C37H60N12O8/c1-3-4-12-25(44-22(2)50)32(53)48-28-15-16-30(51)42-20-17-24(31(39)52)45-33(54)27(14-9-19-43-37(40)41)47-36(57)29(21-23-10-6-5-7-11-23)49-34(55)26(13-8-18-38)46-35(28)56/h5-7,10-11,24-29H,3-4,8-9,12-21,38H2,1-2H3,(H2,39,52)(H,42,51)(H,44,50)(H,45,54)(H,46,56)(H,47,57)(H,48,53)(H,49,55)(H4,40,41,43)/t24-,25-,26-,27-,28-,29+/m0/s1. The van der Waals surface area contributed by atoms with Crippen molar-refractivity contribution in [3.63, 3.8) is 0 Å². The van der Waals surface area contributed by atoms with Gasteiger partial charge in [-0.1, -0.05) is 50.1 Å². The molecule has 0 saturated carbocycles. The minimum atomic E-state index is -1.34. The maximum absolute atomic E-state index is 14.0. The Morgan fingerprint density at radius 1 is 0.842 bits per heavy atom. The van der Waals surface area contributed by atoms with Crippen LogP contribution in [0.5, 0.6) is 0 Å². The molecule has 1 aromatic carbocycles. The lowest BCUT2D eigenvalue weighted by Crippen LogP contribution is -2.60. The molecule has 8 amide bonds. The zero-order chi connectivity index (χ0) is 42.3. The van der Waals surface area contributed by atoms with Crippen LogP contribution in [0.15, 0.2) is 30.3 Å². The molecule has 1 heterocycles. The molecular weight excluding hydrogens is 740 g/mol. The van der Waals surface area contributed by atoms with E-state index in [2.05, 4.69) is 42.5 Å². The van der Waals surface area contributed by atoms with Crippen molar-refractivity contribution in [1.29, 1.82) is 5.41 Å². The van der Waals surface area contributed by atoms with E-state index in [0.717, 1.165) is 6.42 Å². The van der Waals surface area contributed by atoms with E-state index in [9.17, 15) is 38.4 Å². The largest absolute Gasteiger partial charge is 0.370 e. The van der Waals surface area contributed by atoms with E-state index in [1.54, 1.807) is 30.3 Å². The zero-order valence-corrected chi connectivity index (χ0v) is 32.7. The summed E-state index contributed by atoms with van der Waals surface area (Å²) in [7, 11) is 0. The van der Waals surface area contributed by atoms with E-state index in [-0.39, 0.29) is 83.4 Å².